The molecule has 2 aliphatic heterocycles. The van der Waals surface area contributed by atoms with Crippen LogP contribution in [0.5, 0.6) is 0 Å². The molecule has 0 radical (unpaired) electrons. The van der Waals surface area contributed by atoms with Crippen molar-refractivity contribution in [3.63, 3.8) is 0 Å². The molecular weight excluding hydrogens is 220 g/mol. The standard InChI is InChI=1S/C12H20N2OS/c1-8-10(4-5-15-8)6-13-12-14-7-11(16-12)9-2-3-9/h8-11H,2-7H2,1H3,(H,13,14). The summed E-state index contributed by atoms with van der Waals surface area (Å²) < 4.78 is 5.56. The second-order valence-electron chi connectivity index (χ2n) is 5.15. The van der Waals surface area contributed by atoms with Gasteiger partial charge in [-0.05, 0) is 32.1 Å². The summed E-state index contributed by atoms with van der Waals surface area (Å²) in [5, 5.41) is 5.45. The van der Waals surface area contributed by atoms with Crippen LogP contribution < -0.4 is 5.32 Å². The third kappa shape index (κ3) is 2.38. The summed E-state index contributed by atoms with van der Waals surface area (Å²) in [7, 11) is 0. The molecule has 0 aromatic carbocycles. The maximum Gasteiger partial charge on any atom is 0.156 e. The average molecular weight is 240 g/mol. The molecule has 1 aliphatic carbocycles. The highest BCUT2D eigenvalue weighted by molar-refractivity contribution is 8.14. The Hall–Kier alpha value is -0.220. The molecule has 1 saturated carbocycles. The Balaban J connectivity index is 1.42. The minimum absolute atomic E-state index is 0.415. The van der Waals surface area contributed by atoms with Gasteiger partial charge in [-0.3, -0.25) is 4.99 Å². The predicted molar refractivity (Wildman–Crippen MR) is 67.9 cm³/mol. The van der Waals surface area contributed by atoms with Gasteiger partial charge in [0, 0.05) is 24.3 Å². The molecule has 0 bridgehead atoms. The minimum atomic E-state index is 0.415. The van der Waals surface area contributed by atoms with Crippen LogP contribution in [0.3, 0.4) is 0 Å². The van der Waals surface area contributed by atoms with E-state index >= 15 is 0 Å². The van der Waals surface area contributed by atoms with Crippen molar-refractivity contribution in [1.29, 1.82) is 0 Å². The summed E-state index contributed by atoms with van der Waals surface area (Å²) in [5.74, 6) is 1.63. The Labute approximate surface area is 101 Å². The first-order valence-electron chi connectivity index (χ1n) is 6.39. The number of ether oxygens (including phenoxy) is 1. The number of amidine groups is 1. The third-order valence-corrected chi connectivity index (χ3v) is 5.21. The smallest absolute Gasteiger partial charge is 0.156 e. The lowest BCUT2D eigenvalue weighted by atomic mass is 10.0. The first-order valence-corrected chi connectivity index (χ1v) is 7.27. The molecule has 1 saturated heterocycles. The number of rotatable bonds is 3. The Bertz CT molecular complexity index is 291. The van der Waals surface area contributed by atoms with Crippen molar-refractivity contribution < 1.29 is 4.74 Å². The van der Waals surface area contributed by atoms with Crippen molar-refractivity contribution >= 4 is 16.9 Å². The molecule has 1 N–H and O–H groups in total. The molecular formula is C12H20N2OS. The van der Waals surface area contributed by atoms with Gasteiger partial charge in [-0.15, -0.1) is 0 Å². The number of hydrogen-bond acceptors (Lipinski definition) is 4. The van der Waals surface area contributed by atoms with Crippen molar-refractivity contribution in [2.75, 3.05) is 19.7 Å². The second kappa shape index (κ2) is 4.57. The fourth-order valence-electron chi connectivity index (χ4n) is 2.46. The van der Waals surface area contributed by atoms with Crippen LogP contribution in [-0.2, 0) is 4.74 Å². The number of nitrogens with one attached hydrogen (secondary N) is 1. The zero-order valence-electron chi connectivity index (χ0n) is 9.82. The van der Waals surface area contributed by atoms with Crippen molar-refractivity contribution in [3.8, 4) is 0 Å². The first-order chi connectivity index (χ1) is 7.83. The van der Waals surface area contributed by atoms with E-state index in [1.165, 1.54) is 24.4 Å². The van der Waals surface area contributed by atoms with Crippen LogP contribution in [0, 0.1) is 11.8 Å². The topological polar surface area (TPSA) is 33.6 Å². The zero-order valence-corrected chi connectivity index (χ0v) is 10.6. The molecule has 4 heteroatoms. The predicted octanol–water partition coefficient (Wildman–Crippen LogP) is 1.88. The molecule has 0 amide bonds. The van der Waals surface area contributed by atoms with Crippen molar-refractivity contribution in [2.24, 2.45) is 16.8 Å². The SMILES string of the molecule is CC1OCCC1CNC1=NCC(C2CC2)S1. The largest absolute Gasteiger partial charge is 0.378 e. The van der Waals surface area contributed by atoms with Crippen LogP contribution in [0.25, 0.3) is 0 Å². The van der Waals surface area contributed by atoms with Gasteiger partial charge in [-0.25, -0.2) is 0 Å². The molecule has 2 heterocycles. The number of aliphatic imine (C=N–C) groups is 1. The van der Waals surface area contributed by atoms with E-state index in [1.807, 2.05) is 11.8 Å². The van der Waals surface area contributed by atoms with Crippen LogP contribution in [0.4, 0.5) is 0 Å². The maximum atomic E-state index is 5.56. The van der Waals surface area contributed by atoms with E-state index in [1.54, 1.807) is 0 Å². The molecule has 90 valence electrons. The Morgan fingerprint density at radius 1 is 1.44 bits per heavy atom. The average Bonchev–Trinajstić information content (AvgIpc) is 2.89. The second-order valence-corrected chi connectivity index (χ2v) is 6.37. The van der Waals surface area contributed by atoms with Crippen LogP contribution in [-0.4, -0.2) is 36.2 Å². The molecule has 0 aromatic rings. The fraction of sp³-hybridized carbons (Fsp3) is 0.917. The van der Waals surface area contributed by atoms with Gasteiger partial charge < -0.3 is 10.1 Å². The summed E-state index contributed by atoms with van der Waals surface area (Å²) in [6.45, 7) is 5.17. The summed E-state index contributed by atoms with van der Waals surface area (Å²) in [6.07, 6.45) is 4.46. The van der Waals surface area contributed by atoms with E-state index in [-0.39, 0.29) is 0 Å². The van der Waals surface area contributed by atoms with Gasteiger partial charge in [0.1, 0.15) is 0 Å². The van der Waals surface area contributed by atoms with Crippen molar-refractivity contribution in [2.45, 2.75) is 37.5 Å². The quantitative estimate of drug-likeness (QED) is 0.818. The van der Waals surface area contributed by atoms with E-state index in [9.17, 15) is 0 Å². The molecule has 3 atom stereocenters. The van der Waals surface area contributed by atoms with Gasteiger partial charge in [-0.1, -0.05) is 11.8 Å². The van der Waals surface area contributed by atoms with Gasteiger partial charge >= 0.3 is 0 Å². The molecule has 3 unspecified atom stereocenters. The molecule has 3 aliphatic rings. The van der Waals surface area contributed by atoms with E-state index in [4.69, 9.17) is 4.74 Å². The van der Waals surface area contributed by atoms with Crippen LogP contribution in [0.1, 0.15) is 26.2 Å². The third-order valence-electron chi connectivity index (χ3n) is 3.87. The Kier molecular flexibility index (Phi) is 3.11. The van der Waals surface area contributed by atoms with Gasteiger partial charge in [0.2, 0.25) is 0 Å². The number of thioether (sulfide) groups is 1. The van der Waals surface area contributed by atoms with E-state index in [2.05, 4.69) is 17.2 Å². The highest BCUT2D eigenvalue weighted by atomic mass is 32.2. The van der Waals surface area contributed by atoms with Gasteiger partial charge in [0.05, 0.1) is 12.6 Å². The number of nitrogens with zero attached hydrogens (tertiary/aromatic N) is 1. The van der Waals surface area contributed by atoms with Crippen molar-refractivity contribution in [1.82, 2.24) is 5.32 Å². The molecule has 16 heavy (non-hydrogen) atoms. The van der Waals surface area contributed by atoms with E-state index < -0.39 is 0 Å². The lowest BCUT2D eigenvalue weighted by Gasteiger charge is -2.15. The lowest BCUT2D eigenvalue weighted by molar-refractivity contribution is 0.106. The molecule has 0 spiro atoms. The fourth-order valence-corrected chi connectivity index (χ4v) is 3.68. The summed E-state index contributed by atoms with van der Waals surface area (Å²) in [6, 6.07) is 0. The first kappa shape index (κ1) is 10.9. The monoisotopic (exact) mass is 240 g/mol. The van der Waals surface area contributed by atoms with Gasteiger partial charge in [0.25, 0.3) is 0 Å². The van der Waals surface area contributed by atoms with E-state index in [0.717, 1.165) is 30.9 Å². The molecule has 3 rings (SSSR count). The Morgan fingerprint density at radius 3 is 3.00 bits per heavy atom. The van der Waals surface area contributed by atoms with Gasteiger partial charge in [0.15, 0.2) is 5.17 Å². The lowest BCUT2D eigenvalue weighted by Crippen LogP contribution is -2.30. The summed E-state index contributed by atoms with van der Waals surface area (Å²) >= 11 is 1.96. The van der Waals surface area contributed by atoms with E-state index in [0.29, 0.717) is 12.0 Å². The van der Waals surface area contributed by atoms with Crippen LogP contribution in [0.15, 0.2) is 4.99 Å². The zero-order chi connectivity index (χ0) is 11.0. The van der Waals surface area contributed by atoms with Crippen LogP contribution >= 0.6 is 11.8 Å². The molecule has 3 nitrogen and oxygen atoms in total. The normalized spacial score (nSPS) is 38.8. The highest BCUT2D eigenvalue weighted by Crippen LogP contribution is 2.41. The summed E-state index contributed by atoms with van der Waals surface area (Å²) in [5.41, 5.74) is 0. The number of hydrogen-bond donors (Lipinski definition) is 1. The minimum Gasteiger partial charge on any atom is -0.378 e. The Morgan fingerprint density at radius 2 is 2.31 bits per heavy atom. The molecule has 2 fully saturated rings. The summed E-state index contributed by atoms with van der Waals surface area (Å²) in [4.78, 5) is 4.59. The molecule has 0 aromatic heterocycles. The van der Waals surface area contributed by atoms with Crippen LogP contribution in [0.2, 0.25) is 0 Å². The van der Waals surface area contributed by atoms with Crippen molar-refractivity contribution in [3.05, 3.63) is 0 Å². The maximum absolute atomic E-state index is 5.56. The van der Waals surface area contributed by atoms with Gasteiger partial charge in [-0.2, -0.15) is 0 Å². The highest BCUT2D eigenvalue weighted by Gasteiger charge is 2.35.